The molecule has 0 fully saturated rings. The summed E-state index contributed by atoms with van der Waals surface area (Å²) >= 11 is 7.16. The van der Waals surface area contributed by atoms with E-state index < -0.39 is 11.3 Å². The Balaban J connectivity index is 1.58. The van der Waals surface area contributed by atoms with Gasteiger partial charge in [0.1, 0.15) is 11.9 Å². The van der Waals surface area contributed by atoms with E-state index in [1.807, 2.05) is 24.3 Å². The molecule has 0 radical (unpaired) electrons. The monoisotopic (exact) mass is 454 g/mol. The molecule has 2 aliphatic rings. The van der Waals surface area contributed by atoms with Gasteiger partial charge in [-0.25, -0.2) is 9.89 Å². The molecule has 6 nitrogen and oxygen atoms in total. The molecule has 0 aromatic heterocycles. The Morgan fingerprint density at radius 3 is 2.58 bits per heavy atom. The molecular formula is C23H23ClN4O2S. The smallest absolute Gasteiger partial charge is 0.259 e. The summed E-state index contributed by atoms with van der Waals surface area (Å²) in [6, 6.07) is 14.1. The molecule has 4 rings (SSSR count). The molecule has 8 heteroatoms. The summed E-state index contributed by atoms with van der Waals surface area (Å²) < 4.78 is 0. The standard InChI is InChI=1S/C23H23ClN4O2S/c1-13(2)12-19-22(30)28-20(26-19)17-6-4-5-7-18(17)27-23(28)31-14(3)21(29)25-16-10-8-15(24)9-11-16/h4-11,13-14,19H,12H2,1-3H3,(H,25,29)/t14-,19+/m0/s1. The number of nitrogens with zero attached hydrogens (tertiary/aromatic N) is 3. The van der Waals surface area contributed by atoms with Crippen LogP contribution >= 0.6 is 23.4 Å². The number of hydrogen-bond donors (Lipinski definition) is 1. The van der Waals surface area contributed by atoms with Crippen LogP contribution in [0.3, 0.4) is 0 Å². The average molecular weight is 455 g/mol. The maximum atomic E-state index is 13.2. The van der Waals surface area contributed by atoms with Gasteiger partial charge in [0.15, 0.2) is 5.17 Å². The van der Waals surface area contributed by atoms with E-state index in [2.05, 4.69) is 19.2 Å². The van der Waals surface area contributed by atoms with E-state index in [0.717, 1.165) is 11.3 Å². The number of hydrogen-bond acceptors (Lipinski definition) is 5. The van der Waals surface area contributed by atoms with E-state index >= 15 is 0 Å². The normalized spacial score (nSPS) is 18.3. The molecule has 2 aromatic carbocycles. The first kappa shape index (κ1) is 21.6. The first-order chi connectivity index (χ1) is 14.8. The van der Waals surface area contributed by atoms with Gasteiger partial charge in [0.2, 0.25) is 5.91 Å². The molecule has 0 saturated carbocycles. The van der Waals surface area contributed by atoms with Gasteiger partial charge >= 0.3 is 0 Å². The summed E-state index contributed by atoms with van der Waals surface area (Å²) in [6.07, 6.45) is 0.672. The number of anilines is 1. The quantitative estimate of drug-likeness (QED) is 0.682. The van der Waals surface area contributed by atoms with Crippen LogP contribution in [-0.2, 0) is 9.59 Å². The number of para-hydroxylation sites is 1. The number of carbonyl (C=O) groups excluding carboxylic acids is 2. The van der Waals surface area contributed by atoms with Crippen molar-refractivity contribution in [3.8, 4) is 0 Å². The van der Waals surface area contributed by atoms with Crippen LogP contribution in [0, 0.1) is 5.92 Å². The minimum absolute atomic E-state index is 0.0882. The lowest BCUT2D eigenvalue weighted by Gasteiger charge is -2.27. The zero-order chi connectivity index (χ0) is 22.1. The topological polar surface area (TPSA) is 74.1 Å². The van der Waals surface area contributed by atoms with Crippen molar-refractivity contribution in [2.45, 2.75) is 38.5 Å². The molecule has 160 valence electrons. The van der Waals surface area contributed by atoms with Crippen LogP contribution in [0.5, 0.6) is 0 Å². The fraction of sp³-hybridized carbons (Fsp3) is 0.304. The summed E-state index contributed by atoms with van der Waals surface area (Å²) in [4.78, 5) is 36.9. The summed E-state index contributed by atoms with van der Waals surface area (Å²) in [7, 11) is 0. The summed E-state index contributed by atoms with van der Waals surface area (Å²) in [5.74, 6) is 0.689. The third kappa shape index (κ3) is 4.52. The van der Waals surface area contributed by atoms with Crippen molar-refractivity contribution >= 4 is 57.6 Å². The van der Waals surface area contributed by atoms with Crippen LogP contribution < -0.4 is 5.32 Å². The molecule has 0 aliphatic carbocycles. The zero-order valence-corrected chi connectivity index (χ0v) is 19.1. The fourth-order valence-corrected chi connectivity index (χ4v) is 4.51. The molecule has 0 bridgehead atoms. The maximum Gasteiger partial charge on any atom is 0.259 e. The number of thioether (sulfide) groups is 1. The minimum atomic E-state index is -0.474. The molecule has 1 N–H and O–H groups in total. The summed E-state index contributed by atoms with van der Waals surface area (Å²) in [5.41, 5.74) is 2.25. The highest BCUT2D eigenvalue weighted by Crippen LogP contribution is 2.35. The molecule has 2 heterocycles. The van der Waals surface area contributed by atoms with Gasteiger partial charge < -0.3 is 5.32 Å². The fourth-order valence-electron chi connectivity index (χ4n) is 3.47. The summed E-state index contributed by atoms with van der Waals surface area (Å²) in [6.45, 7) is 5.94. The second-order valence-electron chi connectivity index (χ2n) is 7.94. The van der Waals surface area contributed by atoms with Crippen LogP contribution in [0.1, 0.15) is 32.8 Å². The second kappa shape index (κ2) is 8.85. The van der Waals surface area contributed by atoms with Gasteiger partial charge in [-0.15, -0.1) is 0 Å². The van der Waals surface area contributed by atoms with Crippen molar-refractivity contribution in [2.24, 2.45) is 15.9 Å². The van der Waals surface area contributed by atoms with Crippen LogP contribution in [0.4, 0.5) is 11.4 Å². The molecule has 2 aliphatic heterocycles. The SMILES string of the molecule is CC(C)C[C@H]1N=C2c3ccccc3N=C(S[C@@H](C)C(=O)Nc3ccc(Cl)cc3)N2C1=O. The van der Waals surface area contributed by atoms with E-state index in [1.54, 1.807) is 36.1 Å². The van der Waals surface area contributed by atoms with Gasteiger partial charge in [0.25, 0.3) is 5.91 Å². The van der Waals surface area contributed by atoms with Gasteiger partial charge in [-0.1, -0.05) is 49.3 Å². The lowest BCUT2D eigenvalue weighted by molar-refractivity contribution is -0.125. The van der Waals surface area contributed by atoms with Gasteiger partial charge in [-0.3, -0.25) is 14.6 Å². The van der Waals surface area contributed by atoms with Crippen molar-refractivity contribution in [3.05, 3.63) is 59.1 Å². The zero-order valence-electron chi connectivity index (χ0n) is 17.5. The number of fused-ring (bicyclic) bond motifs is 3. The van der Waals surface area contributed by atoms with Crippen LogP contribution in [0.15, 0.2) is 58.5 Å². The number of benzene rings is 2. The highest BCUT2D eigenvalue weighted by atomic mass is 35.5. The van der Waals surface area contributed by atoms with E-state index in [4.69, 9.17) is 21.6 Å². The molecule has 2 atom stereocenters. The Bertz CT molecular complexity index is 1080. The third-order valence-corrected chi connectivity index (χ3v) is 6.31. The number of halogens is 1. The van der Waals surface area contributed by atoms with Gasteiger partial charge in [0, 0.05) is 16.3 Å². The third-order valence-electron chi connectivity index (χ3n) is 5.01. The predicted molar refractivity (Wildman–Crippen MR) is 127 cm³/mol. The molecule has 0 saturated heterocycles. The minimum Gasteiger partial charge on any atom is -0.325 e. The summed E-state index contributed by atoms with van der Waals surface area (Å²) in [5, 5.41) is 3.48. The van der Waals surface area contributed by atoms with Crippen molar-refractivity contribution in [3.63, 3.8) is 0 Å². The Morgan fingerprint density at radius 2 is 1.87 bits per heavy atom. The van der Waals surface area contributed by atoms with Gasteiger partial charge in [-0.05, 0) is 55.7 Å². The lowest BCUT2D eigenvalue weighted by Crippen LogP contribution is -2.42. The van der Waals surface area contributed by atoms with Crippen LogP contribution in [0.2, 0.25) is 5.02 Å². The van der Waals surface area contributed by atoms with Crippen molar-refractivity contribution in [2.75, 3.05) is 5.32 Å². The molecule has 0 spiro atoms. The van der Waals surface area contributed by atoms with Crippen molar-refractivity contribution < 1.29 is 9.59 Å². The number of amidine groups is 2. The van der Waals surface area contributed by atoms with E-state index in [0.29, 0.717) is 34.1 Å². The molecule has 31 heavy (non-hydrogen) atoms. The largest absolute Gasteiger partial charge is 0.325 e. The molecular weight excluding hydrogens is 432 g/mol. The first-order valence-electron chi connectivity index (χ1n) is 10.2. The Hall–Kier alpha value is -2.64. The lowest BCUT2D eigenvalue weighted by atomic mass is 10.0. The maximum absolute atomic E-state index is 13.2. The number of carbonyl (C=O) groups is 2. The number of amides is 2. The number of nitrogens with one attached hydrogen (secondary N) is 1. The van der Waals surface area contributed by atoms with E-state index in [-0.39, 0.29) is 11.8 Å². The highest BCUT2D eigenvalue weighted by molar-refractivity contribution is 8.15. The van der Waals surface area contributed by atoms with E-state index in [1.165, 1.54) is 11.8 Å². The first-order valence-corrected chi connectivity index (χ1v) is 11.4. The van der Waals surface area contributed by atoms with Crippen molar-refractivity contribution in [1.29, 1.82) is 0 Å². The van der Waals surface area contributed by atoms with E-state index in [9.17, 15) is 9.59 Å². The Labute approximate surface area is 190 Å². The molecule has 0 unspecified atom stereocenters. The second-order valence-corrected chi connectivity index (χ2v) is 9.68. The Kier molecular flexibility index (Phi) is 6.16. The number of aliphatic imine (C=N–C) groups is 2. The Morgan fingerprint density at radius 1 is 1.16 bits per heavy atom. The van der Waals surface area contributed by atoms with Crippen molar-refractivity contribution in [1.82, 2.24) is 4.90 Å². The predicted octanol–water partition coefficient (Wildman–Crippen LogP) is 5.11. The van der Waals surface area contributed by atoms with Crippen LogP contribution in [0.25, 0.3) is 0 Å². The van der Waals surface area contributed by atoms with Gasteiger partial charge in [-0.2, -0.15) is 0 Å². The average Bonchev–Trinajstić information content (AvgIpc) is 3.06. The molecule has 2 amide bonds. The van der Waals surface area contributed by atoms with Gasteiger partial charge in [0.05, 0.1) is 10.9 Å². The highest BCUT2D eigenvalue weighted by Gasteiger charge is 2.42. The molecule has 2 aromatic rings. The van der Waals surface area contributed by atoms with Crippen LogP contribution in [-0.4, -0.2) is 39.0 Å². The number of rotatable bonds is 5.